The minimum absolute atomic E-state index is 0. The molecular weight excluding hydrogens is 528 g/mol. The molecule has 5 heteroatoms. The highest BCUT2D eigenvalue weighted by molar-refractivity contribution is 5.86. The van der Waals surface area contributed by atoms with E-state index >= 15 is 0 Å². The Morgan fingerprint density at radius 2 is 0.878 bits per heavy atom. The van der Waals surface area contributed by atoms with E-state index in [1.165, 1.54) is 11.1 Å². The Kier molecular flexibility index (Phi) is 10.6. The average molecular weight is 583 g/mol. The van der Waals surface area contributed by atoms with Gasteiger partial charge in [0.1, 0.15) is 11.5 Å². The van der Waals surface area contributed by atoms with E-state index in [1.807, 2.05) is 12.4 Å². The molecule has 2 aromatic rings. The fourth-order valence-electron chi connectivity index (χ4n) is 5.31. The van der Waals surface area contributed by atoms with Crippen molar-refractivity contribution in [3.05, 3.63) is 57.6 Å². The van der Waals surface area contributed by atoms with Crippen molar-refractivity contribution in [3.8, 4) is 11.5 Å². The van der Waals surface area contributed by atoms with Gasteiger partial charge >= 0.3 is 0 Å². The number of aliphatic imine (C=N–C) groups is 2. The Hall–Kier alpha value is -2.33. The topological polar surface area (TPSA) is 65.2 Å². The number of rotatable bonds is 4. The smallest absolute Gasteiger partial charge is 0.128 e. The van der Waals surface area contributed by atoms with Crippen molar-refractivity contribution in [2.24, 2.45) is 9.98 Å². The summed E-state index contributed by atoms with van der Waals surface area (Å²) in [5.41, 5.74) is 5.39. The predicted octanol–water partition coefficient (Wildman–Crippen LogP) is 9.56. The number of halogens is 1. The summed E-state index contributed by atoms with van der Waals surface area (Å²) in [7, 11) is 0. The fraction of sp³-hybridized carbons (Fsp3) is 0.611. The van der Waals surface area contributed by atoms with Gasteiger partial charge in [-0.1, -0.05) is 108 Å². The molecule has 0 unspecified atom stereocenters. The number of phenols is 2. The van der Waals surface area contributed by atoms with Gasteiger partial charge in [-0.2, -0.15) is 0 Å². The maximum atomic E-state index is 11.2. The summed E-state index contributed by atoms with van der Waals surface area (Å²) in [5.74, 6) is 0.637. The molecule has 0 radical (unpaired) electrons. The van der Waals surface area contributed by atoms with Crippen LogP contribution in [0.1, 0.15) is 142 Å². The highest BCUT2D eigenvalue weighted by atomic mass is 35.5. The minimum Gasteiger partial charge on any atom is -0.507 e. The molecule has 0 heterocycles. The molecule has 1 saturated carbocycles. The van der Waals surface area contributed by atoms with Crippen LogP contribution in [0.5, 0.6) is 11.5 Å². The third-order valence-electron chi connectivity index (χ3n) is 8.13. The molecule has 0 amide bonds. The monoisotopic (exact) mass is 582 g/mol. The van der Waals surface area contributed by atoms with Gasteiger partial charge in [-0.3, -0.25) is 9.98 Å². The van der Waals surface area contributed by atoms with Crippen LogP contribution >= 0.6 is 12.4 Å². The molecule has 2 N–H and O–H groups in total. The Bertz CT molecular complexity index is 1170. The molecule has 4 nitrogen and oxygen atoms in total. The largest absolute Gasteiger partial charge is 0.507 e. The van der Waals surface area contributed by atoms with Gasteiger partial charge in [0.25, 0.3) is 0 Å². The molecule has 0 aromatic heterocycles. The van der Waals surface area contributed by atoms with Crippen LogP contribution in [0.4, 0.5) is 0 Å². The van der Waals surface area contributed by atoms with Crippen molar-refractivity contribution in [2.45, 2.75) is 143 Å². The van der Waals surface area contributed by atoms with Crippen molar-refractivity contribution >= 4 is 24.8 Å². The van der Waals surface area contributed by atoms with Gasteiger partial charge in [0, 0.05) is 34.7 Å². The van der Waals surface area contributed by atoms with Gasteiger partial charge in [0.2, 0.25) is 0 Å². The van der Waals surface area contributed by atoms with Crippen molar-refractivity contribution < 1.29 is 10.2 Å². The second-order valence-corrected chi connectivity index (χ2v) is 15.9. The van der Waals surface area contributed by atoms with E-state index in [0.29, 0.717) is 11.5 Å². The van der Waals surface area contributed by atoms with Gasteiger partial charge in [-0.25, -0.2) is 0 Å². The first kappa shape index (κ1) is 34.9. The Labute approximate surface area is 256 Å². The van der Waals surface area contributed by atoms with Crippen molar-refractivity contribution in [1.82, 2.24) is 0 Å². The molecule has 0 saturated heterocycles. The maximum absolute atomic E-state index is 11.2. The van der Waals surface area contributed by atoms with Gasteiger partial charge in [0.05, 0.1) is 12.1 Å². The van der Waals surface area contributed by atoms with E-state index in [9.17, 15) is 10.2 Å². The number of aromatic hydroxyl groups is 2. The first-order valence-corrected chi connectivity index (χ1v) is 15.0. The molecular formula is C36H55ClN2O2. The minimum atomic E-state index is -0.179. The quantitative estimate of drug-likeness (QED) is 0.352. The summed E-state index contributed by atoms with van der Waals surface area (Å²) >= 11 is 0. The van der Waals surface area contributed by atoms with E-state index in [4.69, 9.17) is 9.98 Å². The first-order chi connectivity index (χ1) is 18.2. The zero-order valence-corrected chi connectivity index (χ0v) is 28.5. The summed E-state index contributed by atoms with van der Waals surface area (Å²) in [4.78, 5) is 10.1. The summed E-state index contributed by atoms with van der Waals surface area (Å²) in [6.07, 6.45) is 7.90. The van der Waals surface area contributed by atoms with E-state index in [-0.39, 0.29) is 46.2 Å². The molecule has 0 aliphatic heterocycles. The summed E-state index contributed by atoms with van der Waals surface area (Å²) in [5, 5.41) is 22.5. The van der Waals surface area contributed by atoms with E-state index in [2.05, 4.69) is 107 Å². The highest BCUT2D eigenvalue weighted by Gasteiger charge is 2.28. The Morgan fingerprint density at radius 1 is 0.561 bits per heavy atom. The van der Waals surface area contributed by atoms with Crippen molar-refractivity contribution in [1.29, 1.82) is 0 Å². The van der Waals surface area contributed by atoms with Crippen LogP contribution in [0.25, 0.3) is 0 Å². The molecule has 2 aromatic carbocycles. The summed E-state index contributed by atoms with van der Waals surface area (Å²) < 4.78 is 0. The van der Waals surface area contributed by atoms with E-state index < -0.39 is 0 Å². The predicted molar refractivity (Wildman–Crippen MR) is 179 cm³/mol. The van der Waals surface area contributed by atoms with Crippen LogP contribution in [-0.2, 0) is 21.7 Å². The van der Waals surface area contributed by atoms with Crippen molar-refractivity contribution in [2.75, 3.05) is 0 Å². The van der Waals surface area contributed by atoms with E-state index in [0.717, 1.165) is 47.9 Å². The lowest BCUT2D eigenvalue weighted by molar-refractivity contribution is 0.389. The van der Waals surface area contributed by atoms with Gasteiger partial charge in [0.15, 0.2) is 0 Å². The second-order valence-electron chi connectivity index (χ2n) is 15.9. The Morgan fingerprint density at radius 3 is 1.15 bits per heavy atom. The summed E-state index contributed by atoms with van der Waals surface area (Å²) in [6, 6.07) is 8.53. The number of phenolic OH excluding ortho intramolecular Hbond substituents is 2. The number of hydrogen-bond donors (Lipinski definition) is 2. The maximum Gasteiger partial charge on any atom is 0.128 e. The molecule has 1 fully saturated rings. The highest BCUT2D eigenvalue weighted by Crippen LogP contribution is 2.39. The zero-order valence-electron chi connectivity index (χ0n) is 27.6. The lowest BCUT2D eigenvalue weighted by Crippen LogP contribution is -2.27. The number of benzene rings is 2. The molecule has 2 atom stereocenters. The summed E-state index contributed by atoms with van der Waals surface area (Å²) in [6.45, 7) is 26.0. The van der Waals surface area contributed by atoms with Crippen LogP contribution in [0, 0.1) is 0 Å². The fourth-order valence-corrected chi connectivity index (χ4v) is 5.31. The molecule has 0 spiro atoms. The average Bonchev–Trinajstić information content (AvgIpc) is 2.80. The lowest BCUT2D eigenvalue weighted by Gasteiger charge is -2.28. The van der Waals surface area contributed by atoms with Crippen LogP contribution < -0.4 is 0 Å². The zero-order chi connectivity index (χ0) is 30.3. The van der Waals surface area contributed by atoms with Gasteiger partial charge < -0.3 is 10.2 Å². The first-order valence-electron chi connectivity index (χ1n) is 15.0. The Balaban J connectivity index is 0.00000588. The van der Waals surface area contributed by atoms with Gasteiger partial charge in [-0.05, 0) is 57.8 Å². The van der Waals surface area contributed by atoms with Crippen LogP contribution in [0.15, 0.2) is 34.3 Å². The van der Waals surface area contributed by atoms with Gasteiger partial charge in [-0.15, -0.1) is 12.4 Å². The molecule has 1 aliphatic rings. The molecule has 41 heavy (non-hydrogen) atoms. The number of nitrogens with zero attached hydrogens (tertiary/aromatic N) is 2. The van der Waals surface area contributed by atoms with Crippen molar-refractivity contribution in [3.63, 3.8) is 0 Å². The lowest BCUT2D eigenvalue weighted by atomic mass is 9.79. The van der Waals surface area contributed by atoms with Crippen LogP contribution in [-0.4, -0.2) is 34.7 Å². The van der Waals surface area contributed by atoms with Crippen LogP contribution in [0.3, 0.4) is 0 Å². The second kappa shape index (κ2) is 12.5. The third-order valence-corrected chi connectivity index (χ3v) is 8.13. The van der Waals surface area contributed by atoms with Crippen LogP contribution in [0.2, 0.25) is 0 Å². The van der Waals surface area contributed by atoms with E-state index in [1.54, 1.807) is 0 Å². The molecule has 3 rings (SSSR count). The molecule has 1 aliphatic carbocycles. The molecule has 0 bridgehead atoms. The normalized spacial score (nSPS) is 19.1. The SMILES string of the molecule is CC(C)(C)c1cc(C=N[C@@H]2CCCC[C@H]2N=Cc2cc(C(C)(C)C)cc(C(C)(C)C)c2O)c(O)c(C(C)(C)C)c1.Cl. The number of hydrogen-bond acceptors (Lipinski definition) is 4. The third kappa shape index (κ3) is 8.60. The molecule has 228 valence electrons. The standard InChI is InChI=1S/C36H54N2O2.ClH/c1-33(2,3)25-17-23(31(39)27(19-25)35(7,8)9)21-37-29-15-13-14-16-30(29)38-22-24-18-26(34(4,5)6)20-28(32(24)40)36(10,11)12;/h17-22,29-30,39-40H,13-16H2,1-12H3;1H/t29-,30-;/m1./s1.